The number of hydrogen-bond acceptors (Lipinski definition) is 2. The fourth-order valence-corrected chi connectivity index (χ4v) is 3.80. The molecule has 0 saturated carbocycles. The van der Waals surface area contributed by atoms with E-state index in [9.17, 15) is 9.18 Å². The third-order valence-electron chi connectivity index (χ3n) is 5.03. The molecule has 1 fully saturated rings. The van der Waals surface area contributed by atoms with Gasteiger partial charge in [-0.1, -0.05) is 12.1 Å². The van der Waals surface area contributed by atoms with Crippen LogP contribution in [0.15, 0.2) is 24.3 Å². The van der Waals surface area contributed by atoms with Gasteiger partial charge in [0.15, 0.2) is 0 Å². The second-order valence-electron chi connectivity index (χ2n) is 6.73. The van der Waals surface area contributed by atoms with E-state index in [1.54, 1.807) is 0 Å². The molecule has 1 aliphatic heterocycles. The summed E-state index contributed by atoms with van der Waals surface area (Å²) < 4.78 is 13.1. The number of carbonyl (C=O) groups is 1. The molecule has 0 radical (unpaired) electrons. The first-order valence-electron chi connectivity index (χ1n) is 8.53. The molecule has 0 spiro atoms. The predicted octanol–water partition coefficient (Wildman–Crippen LogP) is 3.50. The number of likely N-dealkylation sites (tertiary alicyclic amines) is 1. The van der Waals surface area contributed by atoms with Crippen LogP contribution in [-0.2, 0) is 11.2 Å². The summed E-state index contributed by atoms with van der Waals surface area (Å²) in [6.45, 7) is 6.65. The lowest BCUT2D eigenvalue weighted by Gasteiger charge is -2.28. The minimum atomic E-state index is -0.224. The maximum atomic E-state index is 13.1. The van der Waals surface area contributed by atoms with Gasteiger partial charge in [0.05, 0.1) is 11.6 Å². The molecule has 3 rings (SSSR count). The Morgan fingerprint density at radius 2 is 2.08 bits per heavy atom. The molecule has 1 aliphatic rings. The highest BCUT2D eigenvalue weighted by Gasteiger charge is 2.33. The molecule has 0 bridgehead atoms. The molecule has 1 amide bonds. The Morgan fingerprint density at radius 1 is 1.38 bits per heavy atom. The molecule has 1 aromatic heterocycles. The number of H-pyrrole nitrogens is 1. The van der Waals surface area contributed by atoms with Crippen LogP contribution in [0.3, 0.4) is 0 Å². The Bertz CT molecular complexity index is 703. The third kappa shape index (κ3) is 3.21. The van der Waals surface area contributed by atoms with E-state index in [1.165, 1.54) is 12.1 Å². The van der Waals surface area contributed by atoms with E-state index in [0.717, 1.165) is 48.3 Å². The van der Waals surface area contributed by atoms with E-state index in [0.29, 0.717) is 0 Å². The van der Waals surface area contributed by atoms with Crippen molar-refractivity contribution in [3.63, 3.8) is 0 Å². The first-order chi connectivity index (χ1) is 11.5. The Balaban J connectivity index is 1.75. The topological polar surface area (TPSA) is 49.0 Å². The van der Waals surface area contributed by atoms with Crippen molar-refractivity contribution >= 4 is 5.91 Å². The third-order valence-corrected chi connectivity index (χ3v) is 5.03. The van der Waals surface area contributed by atoms with E-state index >= 15 is 0 Å². The van der Waals surface area contributed by atoms with Gasteiger partial charge in [-0.15, -0.1) is 0 Å². The monoisotopic (exact) mass is 329 g/mol. The summed E-state index contributed by atoms with van der Waals surface area (Å²) in [6, 6.07) is 6.78. The van der Waals surface area contributed by atoms with Crippen molar-refractivity contribution in [1.82, 2.24) is 15.1 Å². The summed E-state index contributed by atoms with van der Waals surface area (Å²) in [6.07, 6.45) is 2.80. The van der Waals surface area contributed by atoms with Gasteiger partial charge in [-0.3, -0.25) is 9.89 Å². The Hall–Kier alpha value is -2.17. The van der Waals surface area contributed by atoms with Crippen molar-refractivity contribution in [3.8, 4) is 0 Å². The van der Waals surface area contributed by atoms with Gasteiger partial charge < -0.3 is 4.90 Å². The van der Waals surface area contributed by atoms with Crippen molar-refractivity contribution < 1.29 is 9.18 Å². The van der Waals surface area contributed by atoms with Crippen LogP contribution in [0.5, 0.6) is 0 Å². The number of hydrogen-bond donors (Lipinski definition) is 1. The van der Waals surface area contributed by atoms with Gasteiger partial charge in [-0.05, 0) is 57.7 Å². The summed E-state index contributed by atoms with van der Waals surface area (Å²) >= 11 is 0. The normalized spacial score (nSPS) is 18.8. The highest BCUT2D eigenvalue weighted by atomic mass is 19.1. The van der Waals surface area contributed by atoms with Gasteiger partial charge in [0.25, 0.3) is 0 Å². The summed E-state index contributed by atoms with van der Waals surface area (Å²) in [4.78, 5) is 15.0. The van der Waals surface area contributed by atoms with Crippen LogP contribution in [0, 0.1) is 19.7 Å². The fraction of sp³-hybridized carbons (Fsp3) is 0.474. The number of amides is 1. The number of halogens is 1. The minimum absolute atomic E-state index is 0.159. The Morgan fingerprint density at radius 3 is 2.71 bits per heavy atom. The number of nitrogens with one attached hydrogen (secondary N) is 1. The average molecular weight is 329 g/mol. The summed E-state index contributed by atoms with van der Waals surface area (Å²) in [5.74, 6) is -0.262. The predicted molar refractivity (Wildman–Crippen MR) is 91.3 cm³/mol. The van der Waals surface area contributed by atoms with Gasteiger partial charge in [0, 0.05) is 23.8 Å². The van der Waals surface area contributed by atoms with E-state index < -0.39 is 0 Å². The lowest BCUT2D eigenvalue weighted by Crippen LogP contribution is -2.39. The molecule has 5 heteroatoms. The largest absolute Gasteiger partial charge is 0.339 e. The zero-order chi connectivity index (χ0) is 17.3. The molecule has 2 heterocycles. The van der Waals surface area contributed by atoms with Gasteiger partial charge in [0.1, 0.15) is 5.82 Å². The number of nitrogens with zero attached hydrogens (tertiary/aromatic N) is 2. The lowest BCUT2D eigenvalue weighted by atomic mass is 9.96. The number of benzene rings is 1. The first-order valence-corrected chi connectivity index (χ1v) is 8.53. The van der Waals surface area contributed by atoms with E-state index in [2.05, 4.69) is 10.2 Å². The van der Waals surface area contributed by atoms with Crippen molar-refractivity contribution in [2.45, 2.75) is 52.0 Å². The molecule has 4 nitrogen and oxygen atoms in total. The molecule has 128 valence electrons. The molecule has 1 saturated heterocycles. The van der Waals surface area contributed by atoms with Crippen LogP contribution >= 0.6 is 0 Å². The Kier molecular flexibility index (Phi) is 4.69. The van der Waals surface area contributed by atoms with E-state index in [4.69, 9.17) is 0 Å². The van der Waals surface area contributed by atoms with Crippen molar-refractivity contribution in [1.29, 1.82) is 0 Å². The van der Waals surface area contributed by atoms with Crippen LogP contribution in [0.2, 0.25) is 0 Å². The van der Waals surface area contributed by atoms with Gasteiger partial charge >= 0.3 is 0 Å². The molecular formula is C19H24FN3O. The van der Waals surface area contributed by atoms with Crippen molar-refractivity contribution in [2.75, 3.05) is 6.54 Å². The second-order valence-corrected chi connectivity index (χ2v) is 6.73. The molecule has 0 aliphatic carbocycles. The highest BCUT2D eigenvalue weighted by molar-refractivity contribution is 5.84. The van der Waals surface area contributed by atoms with Crippen LogP contribution in [0.25, 0.3) is 0 Å². The van der Waals surface area contributed by atoms with Crippen LogP contribution < -0.4 is 0 Å². The fourth-order valence-electron chi connectivity index (χ4n) is 3.80. The molecule has 2 unspecified atom stereocenters. The summed E-state index contributed by atoms with van der Waals surface area (Å²) in [5, 5.41) is 7.17. The number of aromatic nitrogens is 2. The van der Waals surface area contributed by atoms with Crippen molar-refractivity contribution in [3.05, 3.63) is 52.6 Å². The number of aromatic amines is 1. The zero-order valence-corrected chi connectivity index (χ0v) is 14.5. The number of carbonyl (C=O) groups excluding carboxylic acids is 1. The standard InChI is InChI=1S/C19H24FN3O/c1-12(18-13(2)21-22-14(18)3)19(24)23-10-4-5-17(23)11-15-6-8-16(20)9-7-15/h6-9,12,17H,4-5,10-11H2,1-3H3,(H,21,22). The van der Waals surface area contributed by atoms with Crippen LogP contribution in [0.4, 0.5) is 4.39 Å². The number of aryl methyl sites for hydroxylation is 2. The second kappa shape index (κ2) is 6.75. The zero-order valence-electron chi connectivity index (χ0n) is 14.5. The lowest BCUT2D eigenvalue weighted by molar-refractivity contribution is -0.133. The van der Waals surface area contributed by atoms with Crippen LogP contribution in [0.1, 0.15) is 48.2 Å². The highest BCUT2D eigenvalue weighted by Crippen LogP contribution is 2.29. The maximum absolute atomic E-state index is 13.1. The maximum Gasteiger partial charge on any atom is 0.230 e. The SMILES string of the molecule is Cc1n[nH]c(C)c1C(C)C(=O)N1CCCC1Cc1ccc(F)cc1. The molecule has 1 N–H and O–H groups in total. The molecular weight excluding hydrogens is 305 g/mol. The molecule has 1 aromatic carbocycles. The quantitative estimate of drug-likeness (QED) is 0.933. The first kappa shape index (κ1) is 16.7. The Labute approximate surface area is 142 Å². The average Bonchev–Trinajstić information content (AvgIpc) is 3.15. The summed E-state index contributed by atoms with van der Waals surface area (Å²) in [5.41, 5.74) is 3.93. The minimum Gasteiger partial charge on any atom is -0.339 e. The van der Waals surface area contributed by atoms with Crippen LogP contribution in [-0.4, -0.2) is 33.6 Å². The van der Waals surface area contributed by atoms with E-state index in [1.807, 2.05) is 37.8 Å². The summed E-state index contributed by atoms with van der Waals surface area (Å²) in [7, 11) is 0. The van der Waals surface area contributed by atoms with E-state index in [-0.39, 0.29) is 23.7 Å². The number of rotatable bonds is 4. The van der Waals surface area contributed by atoms with Gasteiger partial charge in [-0.25, -0.2) is 4.39 Å². The molecule has 2 atom stereocenters. The molecule has 2 aromatic rings. The van der Waals surface area contributed by atoms with Gasteiger partial charge in [-0.2, -0.15) is 5.10 Å². The smallest absolute Gasteiger partial charge is 0.230 e. The van der Waals surface area contributed by atoms with Crippen molar-refractivity contribution in [2.24, 2.45) is 0 Å². The van der Waals surface area contributed by atoms with Gasteiger partial charge in [0.2, 0.25) is 5.91 Å². The molecule has 24 heavy (non-hydrogen) atoms.